The summed E-state index contributed by atoms with van der Waals surface area (Å²) < 4.78 is 0. The second-order valence-electron chi connectivity index (χ2n) is 2.98. The van der Waals surface area contributed by atoms with Crippen LogP contribution in [0.5, 0.6) is 0 Å². The third-order valence-corrected chi connectivity index (χ3v) is 2.03. The molecular weight excluding hydrogens is 130 g/mol. The van der Waals surface area contributed by atoms with Crippen molar-refractivity contribution in [1.82, 2.24) is 5.32 Å². The monoisotopic (exact) mass is 145 g/mol. The predicted molar refractivity (Wildman–Crippen MR) is 38.8 cm³/mol. The van der Waals surface area contributed by atoms with E-state index in [1.54, 1.807) is 0 Å². The largest absolute Gasteiger partial charge is 0.396 e. The Hall–Kier alpha value is -0.120. The van der Waals surface area contributed by atoms with Gasteiger partial charge in [-0.15, -0.1) is 0 Å². The number of hydrogen-bond acceptors (Lipinski definition) is 3. The first kappa shape index (κ1) is 7.98. The second-order valence-corrected chi connectivity index (χ2v) is 2.98. The maximum absolute atomic E-state index is 9.65. The van der Waals surface area contributed by atoms with E-state index in [2.05, 4.69) is 5.32 Å². The number of aliphatic hydroxyl groups excluding tert-OH is 1. The van der Waals surface area contributed by atoms with Crippen molar-refractivity contribution in [2.75, 3.05) is 19.7 Å². The first-order valence-corrected chi connectivity index (χ1v) is 3.81. The maximum atomic E-state index is 9.65. The lowest BCUT2D eigenvalue weighted by molar-refractivity contribution is -0.00454. The molecule has 3 N–H and O–H groups in total. The highest BCUT2D eigenvalue weighted by atomic mass is 16.3. The van der Waals surface area contributed by atoms with E-state index < -0.39 is 5.60 Å². The Morgan fingerprint density at radius 1 is 1.50 bits per heavy atom. The normalized spacial score (nSPS) is 34.2. The van der Waals surface area contributed by atoms with E-state index in [1.165, 1.54) is 0 Å². The van der Waals surface area contributed by atoms with Crippen LogP contribution in [-0.2, 0) is 0 Å². The van der Waals surface area contributed by atoms with Gasteiger partial charge in [0.2, 0.25) is 0 Å². The van der Waals surface area contributed by atoms with Crippen LogP contribution in [0.2, 0.25) is 0 Å². The average molecular weight is 145 g/mol. The summed E-state index contributed by atoms with van der Waals surface area (Å²) in [4.78, 5) is 0. The SMILES string of the molecule is OCC[C@]1(O)CCCNC1. The van der Waals surface area contributed by atoms with Gasteiger partial charge in [0.05, 0.1) is 5.60 Å². The van der Waals surface area contributed by atoms with E-state index in [-0.39, 0.29) is 6.61 Å². The molecule has 3 heteroatoms. The van der Waals surface area contributed by atoms with E-state index in [0.29, 0.717) is 13.0 Å². The Kier molecular flexibility index (Phi) is 2.65. The van der Waals surface area contributed by atoms with E-state index >= 15 is 0 Å². The summed E-state index contributed by atoms with van der Waals surface area (Å²) in [6.45, 7) is 1.71. The summed E-state index contributed by atoms with van der Waals surface area (Å²) in [5, 5.41) is 21.3. The number of β-amino-alcohol motifs (C(OH)–C–C–N with tert-alkyl or cyclic N) is 1. The van der Waals surface area contributed by atoms with Gasteiger partial charge in [0, 0.05) is 19.6 Å². The molecule has 0 spiro atoms. The molecular formula is C7H15NO2. The Balaban J connectivity index is 2.32. The minimum atomic E-state index is -0.632. The average Bonchev–Trinajstić information content (AvgIpc) is 1.89. The number of nitrogens with one attached hydrogen (secondary N) is 1. The molecule has 1 heterocycles. The van der Waals surface area contributed by atoms with Crippen LogP contribution in [0.3, 0.4) is 0 Å². The van der Waals surface area contributed by atoms with Crippen LogP contribution in [0, 0.1) is 0 Å². The Bertz CT molecular complexity index is 94.3. The Morgan fingerprint density at radius 2 is 2.30 bits per heavy atom. The van der Waals surface area contributed by atoms with Crippen molar-refractivity contribution < 1.29 is 10.2 Å². The van der Waals surface area contributed by atoms with Crippen LogP contribution in [0.25, 0.3) is 0 Å². The highest BCUT2D eigenvalue weighted by molar-refractivity contribution is 4.84. The van der Waals surface area contributed by atoms with E-state index in [0.717, 1.165) is 19.4 Å². The van der Waals surface area contributed by atoms with Crippen molar-refractivity contribution in [2.24, 2.45) is 0 Å². The fourth-order valence-corrected chi connectivity index (χ4v) is 1.37. The Morgan fingerprint density at radius 3 is 2.80 bits per heavy atom. The fraction of sp³-hybridized carbons (Fsp3) is 1.00. The summed E-state index contributed by atoms with van der Waals surface area (Å²) in [7, 11) is 0. The summed E-state index contributed by atoms with van der Waals surface area (Å²) in [5.41, 5.74) is -0.632. The number of hydrogen-bond donors (Lipinski definition) is 3. The highest BCUT2D eigenvalue weighted by Gasteiger charge is 2.27. The van der Waals surface area contributed by atoms with Crippen LogP contribution in [0.15, 0.2) is 0 Å². The van der Waals surface area contributed by atoms with Gasteiger partial charge in [-0.05, 0) is 19.4 Å². The molecule has 1 rings (SSSR count). The molecule has 3 nitrogen and oxygen atoms in total. The number of aliphatic hydroxyl groups is 2. The van der Waals surface area contributed by atoms with E-state index in [1.807, 2.05) is 0 Å². The molecule has 0 amide bonds. The van der Waals surface area contributed by atoms with Crippen molar-refractivity contribution in [2.45, 2.75) is 24.9 Å². The van der Waals surface area contributed by atoms with Crippen molar-refractivity contribution in [3.05, 3.63) is 0 Å². The van der Waals surface area contributed by atoms with Gasteiger partial charge in [-0.3, -0.25) is 0 Å². The lowest BCUT2D eigenvalue weighted by atomic mass is 9.91. The molecule has 1 saturated heterocycles. The molecule has 1 fully saturated rings. The van der Waals surface area contributed by atoms with Gasteiger partial charge in [-0.1, -0.05) is 0 Å². The smallest absolute Gasteiger partial charge is 0.0793 e. The topological polar surface area (TPSA) is 52.5 Å². The molecule has 1 aliphatic rings. The molecule has 10 heavy (non-hydrogen) atoms. The van der Waals surface area contributed by atoms with Crippen LogP contribution in [-0.4, -0.2) is 35.5 Å². The van der Waals surface area contributed by atoms with Crippen LogP contribution in [0.4, 0.5) is 0 Å². The molecule has 60 valence electrons. The predicted octanol–water partition coefficient (Wildman–Crippen LogP) is -0.517. The molecule has 0 aromatic carbocycles. The molecule has 0 unspecified atom stereocenters. The van der Waals surface area contributed by atoms with Crippen LogP contribution < -0.4 is 5.32 Å². The van der Waals surface area contributed by atoms with Crippen LogP contribution in [0.1, 0.15) is 19.3 Å². The molecule has 0 saturated carbocycles. The maximum Gasteiger partial charge on any atom is 0.0793 e. The van der Waals surface area contributed by atoms with Gasteiger partial charge in [0.15, 0.2) is 0 Å². The van der Waals surface area contributed by atoms with Gasteiger partial charge in [-0.2, -0.15) is 0 Å². The first-order valence-electron chi connectivity index (χ1n) is 3.81. The van der Waals surface area contributed by atoms with E-state index in [9.17, 15) is 5.11 Å². The van der Waals surface area contributed by atoms with Crippen molar-refractivity contribution in [3.8, 4) is 0 Å². The lowest BCUT2D eigenvalue weighted by Gasteiger charge is -2.31. The minimum absolute atomic E-state index is 0.0815. The molecule has 0 radical (unpaired) electrons. The fourth-order valence-electron chi connectivity index (χ4n) is 1.37. The quantitative estimate of drug-likeness (QED) is 0.490. The third-order valence-electron chi connectivity index (χ3n) is 2.03. The standard InChI is InChI=1S/C7H15NO2/c9-5-3-7(10)2-1-4-8-6-7/h8-10H,1-6H2/t7-/m1/s1. The van der Waals surface area contributed by atoms with Crippen molar-refractivity contribution in [1.29, 1.82) is 0 Å². The van der Waals surface area contributed by atoms with Gasteiger partial charge < -0.3 is 15.5 Å². The van der Waals surface area contributed by atoms with Gasteiger partial charge >= 0.3 is 0 Å². The number of piperidine rings is 1. The number of rotatable bonds is 2. The van der Waals surface area contributed by atoms with Crippen molar-refractivity contribution in [3.63, 3.8) is 0 Å². The van der Waals surface area contributed by atoms with Gasteiger partial charge in [-0.25, -0.2) is 0 Å². The highest BCUT2D eigenvalue weighted by Crippen LogP contribution is 2.18. The minimum Gasteiger partial charge on any atom is -0.396 e. The van der Waals surface area contributed by atoms with Gasteiger partial charge in [0.25, 0.3) is 0 Å². The van der Waals surface area contributed by atoms with E-state index in [4.69, 9.17) is 5.11 Å². The summed E-state index contributed by atoms with van der Waals surface area (Å²) in [6.07, 6.45) is 2.33. The Labute approximate surface area is 61.1 Å². The lowest BCUT2D eigenvalue weighted by Crippen LogP contribution is -2.46. The molecule has 0 bridgehead atoms. The summed E-state index contributed by atoms with van der Waals surface area (Å²) in [6, 6.07) is 0. The van der Waals surface area contributed by atoms with Crippen LogP contribution >= 0.6 is 0 Å². The zero-order valence-electron chi connectivity index (χ0n) is 6.14. The van der Waals surface area contributed by atoms with Gasteiger partial charge in [0.1, 0.15) is 0 Å². The molecule has 0 aromatic heterocycles. The summed E-state index contributed by atoms with van der Waals surface area (Å²) >= 11 is 0. The third kappa shape index (κ3) is 1.94. The second kappa shape index (κ2) is 3.32. The first-order chi connectivity index (χ1) is 4.77. The van der Waals surface area contributed by atoms with Crippen molar-refractivity contribution >= 4 is 0 Å². The molecule has 1 aliphatic heterocycles. The molecule has 0 aliphatic carbocycles. The molecule has 1 atom stereocenters. The summed E-state index contributed by atoms with van der Waals surface area (Å²) in [5.74, 6) is 0. The zero-order valence-corrected chi connectivity index (χ0v) is 6.14. The zero-order chi connectivity index (χ0) is 7.45. The molecule has 0 aromatic rings.